The number of amides is 1. The molecule has 0 aliphatic rings. The molecular weight excluding hydrogens is 316 g/mol. The number of hydrogen-bond acceptors (Lipinski definition) is 4. The molecule has 3 rings (SSSR count). The second-order valence-electron chi connectivity index (χ2n) is 5.39. The fourth-order valence-electron chi connectivity index (χ4n) is 2.32. The Morgan fingerprint density at radius 2 is 1.92 bits per heavy atom. The quantitative estimate of drug-likeness (QED) is 0.778. The minimum absolute atomic E-state index is 0.0905. The first-order chi connectivity index (χ1) is 12.2. The Morgan fingerprint density at radius 3 is 2.60 bits per heavy atom. The van der Waals surface area contributed by atoms with E-state index in [1.54, 1.807) is 35.0 Å². The van der Waals surface area contributed by atoms with Gasteiger partial charge in [-0.1, -0.05) is 18.2 Å². The Hall–Kier alpha value is -3.59. The summed E-state index contributed by atoms with van der Waals surface area (Å²) >= 11 is 0. The van der Waals surface area contributed by atoms with E-state index in [0.29, 0.717) is 17.1 Å². The minimum atomic E-state index is -0.284. The fraction of sp³-hybridized carbons (Fsp3) is 0.105. The highest BCUT2D eigenvalue weighted by atomic mass is 16.5. The summed E-state index contributed by atoms with van der Waals surface area (Å²) in [7, 11) is 0. The van der Waals surface area contributed by atoms with Gasteiger partial charge < -0.3 is 10.1 Å². The van der Waals surface area contributed by atoms with Crippen molar-refractivity contribution in [3.63, 3.8) is 0 Å². The Labute approximate surface area is 145 Å². The van der Waals surface area contributed by atoms with Crippen LogP contribution in [0.1, 0.15) is 11.3 Å². The summed E-state index contributed by atoms with van der Waals surface area (Å²) in [5, 5.41) is 16.0. The maximum Gasteiger partial charge on any atom is 0.263 e. The van der Waals surface area contributed by atoms with Crippen LogP contribution in [0.5, 0.6) is 5.75 Å². The molecule has 0 saturated heterocycles. The molecule has 0 spiro atoms. The topological polar surface area (TPSA) is 79.9 Å². The van der Waals surface area contributed by atoms with Crippen LogP contribution in [0.15, 0.2) is 60.7 Å². The molecule has 0 bridgehead atoms. The van der Waals surface area contributed by atoms with Gasteiger partial charge in [-0.25, -0.2) is 4.68 Å². The maximum atomic E-state index is 12.0. The van der Waals surface area contributed by atoms with Crippen LogP contribution < -0.4 is 10.1 Å². The molecule has 25 heavy (non-hydrogen) atoms. The van der Waals surface area contributed by atoms with Crippen molar-refractivity contribution in [1.82, 2.24) is 9.78 Å². The molecule has 1 N–H and O–H groups in total. The van der Waals surface area contributed by atoms with Crippen molar-refractivity contribution in [2.24, 2.45) is 0 Å². The summed E-state index contributed by atoms with van der Waals surface area (Å²) in [6.07, 6.45) is 0. The van der Waals surface area contributed by atoms with E-state index in [0.717, 1.165) is 11.4 Å². The third-order valence-corrected chi connectivity index (χ3v) is 3.51. The molecule has 124 valence electrons. The van der Waals surface area contributed by atoms with Gasteiger partial charge in [-0.2, -0.15) is 5.26 Å². The zero-order valence-electron chi connectivity index (χ0n) is 13.6. The summed E-state index contributed by atoms with van der Waals surface area (Å²) in [5.74, 6) is 0.800. The van der Waals surface area contributed by atoms with Gasteiger partial charge in [0.15, 0.2) is 12.4 Å². The molecule has 0 radical (unpaired) electrons. The molecule has 0 saturated carbocycles. The van der Waals surface area contributed by atoms with E-state index >= 15 is 0 Å². The first-order valence-corrected chi connectivity index (χ1v) is 7.70. The van der Waals surface area contributed by atoms with Crippen molar-refractivity contribution in [2.45, 2.75) is 6.92 Å². The normalized spacial score (nSPS) is 10.1. The van der Waals surface area contributed by atoms with Gasteiger partial charge in [0, 0.05) is 11.8 Å². The fourth-order valence-corrected chi connectivity index (χ4v) is 2.32. The number of nitrogens with one attached hydrogen (secondary N) is 1. The van der Waals surface area contributed by atoms with E-state index in [-0.39, 0.29) is 12.5 Å². The van der Waals surface area contributed by atoms with Gasteiger partial charge in [-0.3, -0.25) is 4.79 Å². The van der Waals surface area contributed by atoms with Crippen LogP contribution in [0.25, 0.3) is 5.69 Å². The van der Waals surface area contributed by atoms with Crippen molar-refractivity contribution in [3.8, 4) is 17.5 Å². The highest BCUT2D eigenvalue weighted by Gasteiger charge is 2.10. The molecule has 1 heterocycles. The Morgan fingerprint density at radius 1 is 1.20 bits per heavy atom. The average molecular weight is 332 g/mol. The number of nitrogens with zero attached hydrogens (tertiary/aromatic N) is 3. The molecule has 2 aromatic carbocycles. The van der Waals surface area contributed by atoms with E-state index in [9.17, 15) is 4.79 Å². The van der Waals surface area contributed by atoms with E-state index in [2.05, 4.69) is 16.5 Å². The smallest absolute Gasteiger partial charge is 0.263 e. The number of nitriles is 1. The van der Waals surface area contributed by atoms with Crippen LogP contribution in [-0.2, 0) is 4.79 Å². The predicted octanol–water partition coefficient (Wildman–Crippen LogP) is 3.07. The van der Waals surface area contributed by atoms with Gasteiger partial charge in [0.1, 0.15) is 5.75 Å². The molecule has 0 unspecified atom stereocenters. The molecule has 6 heteroatoms. The highest BCUT2D eigenvalue weighted by molar-refractivity contribution is 5.91. The van der Waals surface area contributed by atoms with Gasteiger partial charge in [-0.05, 0) is 43.3 Å². The summed E-state index contributed by atoms with van der Waals surface area (Å²) in [6.45, 7) is 1.80. The zero-order chi connectivity index (χ0) is 17.6. The van der Waals surface area contributed by atoms with E-state index in [1.165, 1.54) is 0 Å². The van der Waals surface area contributed by atoms with Gasteiger partial charge >= 0.3 is 0 Å². The predicted molar refractivity (Wildman–Crippen MR) is 93.6 cm³/mol. The lowest BCUT2D eigenvalue weighted by Crippen LogP contribution is -2.20. The Bertz CT molecular complexity index is 909. The van der Waals surface area contributed by atoms with Gasteiger partial charge in [0.05, 0.1) is 17.3 Å². The SMILES string of the molecule is Cc1cc(NC(=O)COc2ccccc2)nn1-c1ccc(C#N)cc1. The number of carbonyl (C=O) groups excluding carboxylic acids is 1. The first kappa shape index (κ1) is 16.3. The van der Waals surface area contributed by atoms with E-state index in [1.807, 2.05) is 37.3 Å². The van der Waals surface area contributed by atoms with Crippen molar-refractivity contribution >= 4 is 11.7 Å². The monoisotopic (exact) mass is 332 g/mol. The summed E-state index contributed by atoms with van der Waals surface area (Å²) in [4.78, 5) is 12.0. The van der Waals surface area contributed by atoms with Crippen LogP contribution in [0.2, 0.25) is 0 Å². The third kappa shape index (κ3) is 4.03. The molecule has 0 aliphatic heterocycles. The van der Waals surface area contributed by atoms with Crippen molar-refractivity contribution in [1.29, 1.82) is 5.26 Å². The lowest BCUT2D eigenvalue weighted by Gasteiger charge is -2.06. The number of aryl methyl sites for hydroxylation is 1. The largest absolute Gasteiger partial charge is 0.484 e. The van der Waals surface area contributed by atoms with Crippen LogP contribution in [-0.4, -0.2) is 22.3 Å². The number of anilines is 1. The lowest BCUT2D eigenvalue weighted by atomic mass is 10.2. The average Bonchev–Trinajstić information content (AvgIpc) is 3.01. The summed E-state index contributed by atoms with van der Waals surface area (Å²) in [5.41, 5.74) is 2.27. The molecular formula is C19H16N4O2. The molecule has 3 aromatic rings. The minimum Gasteiger partial charge on any atom is -0.484 e. The molecule has 1 aromatic heterocycles. The van der Waals surface area contributed by atoms with E-state index in [4.69, 9.17) is 10.00 Å². The molecule has 0 fully saturated rings. The number of aromatic nitrogens is 2. The second kappa shape index (κ2) is 7.32. The van der Waals surface area contributed by atoms with Crippen LogP contribution in [0.4, 0.5) is 5.82 Å². The molecule has 0 atom stereocenters. The highest BCUT2D eigenvalue weighted by Crippen LogP contribution is 2.16. The van der Waals surface area contributed by atoms with Crippen molar-refractivity contribution < 1.29 is 9.53 Å². The van der Waals surface area contributed by atoms with Crippen molar-refractivity contribution in [2.75, 3.05) is 11.9 Å². The third-order valence-electron chi connectivity index (χ3n) is 3.51. The summed E-state index contributed by atoms with van der Waals surface area (Å²) < 4.78 is 7.11. The standard InChI is InChI=1S/C19H16N4O2/c1-14-11-18(21-19(24)13-25-17-5-3-2-4-6-17)22-23(14)16-9-7-15(12-20)8-10-16/h2-11H,13H2,1H3,(H,21,22,24). The van der Waals surface area contributed by atoms with Crippen LogP contribution >= 0.6 is 0 Å². The van der Waals surface area contributed by atoms with Gasteiger partial charge in [0.2, 0.25) is 0 Å². The number of para-hydroxylation sites is 1. The molecule has 6 nitrogen and oxygen atoms in total. The molecule has 1 amide bonds. The maximum absolute atomic E-state index is 12.0. The van der Waals surface area contributed by atoms with Gasteiger partial charge in [0.25, 0.3) is 5.91 Å². The van der Waals surface area contributed by atoms with Crippen LogP contribution in [0, 0.1) is 18.3 Å². The lowest BCUT2D eigenvalue weighted by molar-refractivity contribution is -0.118. The molecule has 0 aliphatic carbocycles. The first-order valence-electron chi connectivity index (χ1n) is 7.70. The number of rotatable bonds is 5. The van der Waals surface area contributed by atoms with Crippen molar-refractivity contribution in [3.05, 3.63) is 71.9 Å². The number of ether oxygens (including phenoxy) is 1. The number of benzene rings is 2. The van der Waals surface area contributed by atoms with Gasteiger partial charge in [-0.15, -0.1) is 5.10 Å². The second-order valence-corrected chi connectivity index (χ2v) is 5.39. The number of hydrogen-bond donors (Lipinski definition) is 1. The number of carbonyl (C=O) groups is 1. The summed E-state index contributed by atoms with van der Waals surface area (Å²) in [6, 6.07) is 20.1. The van der Waals surface area contributed by atoms with E-state index < -0.39 is 0 Å². The van der Waals surface area contributed by atoms with Crippen LogP contribution in [0.3, 0.4) is 0 Å². The Balaban J connectivity index is 1.65. The Kier molecular flexibility index (Phi) is 4.77. The zero-order valence-corrected chi connectivity index (χ0v) is 13.6.